The number of carbonyl (C=O) groups is 4. The summed E-state index contributed by atoms with van der Waals surface area (Å²) < 4.78 is 23.2. The maximum Gasteiger partial charge on any atom is 0.407 e. The number of carbonyl (C=O) groups excluding carboxylic acids is 4. The van der Waals surface area contributed by atoms with Crippen LogP contribution in [0, 0.1) is 11.8 Å². The number of hydrogen-bond acceptors (Lipinski definition) is 11. The standard InChI is InChI=1S/C50H96N2O10/c1-7-13-16-19-22-23-28-31-40-57-46(53)35-30-25-24-29-34-45(44(10-4)43-60-50(56)51-38-39-52(11-5)12-6)49(55)62-61-47(54)36-37-48(58-41-32-26-20-17-14-8-2)59-42-33-27-21-18-15-9-3/h44-45,48H,7-43H2,1-6H3,(H,51,56). The van der Waals surface area contributed by atoms with Gasteiger partial charge in [-0.3, -0.25) is 4.79 Å². The minimum absolute atomic E-state index is 0.0227. The van der Waals surface area contributed by atoms with Gasteiger partial charge in [0, 0.05) is 45.1 Å². The van der Waals surface area contributed by atoms with Crippen LogP contribution in [0.15, 0.2) is 0 Å². The SMILES string of the molecule is CCCCCCCCCCOC(=O)CCCCCCC(C(=O)OOC(=O)CCC(OCCCCCCCC)OCCCCCCCC)C(CC)COC(=O)NCCN(CC)CC. The Kier molecular flexibility index (Phi) is 43.4. The van der Waals surface area contributed by atoms with Crippen molar-refractivity contribution >= 4 is 24.0 Å². The van der Waals surface area contributed by atoms with Gasteiger partial charge in [0.15, 0.2) is 6.29 Å². The van der Waals surface area contributed by atoms with Gasteiger partial charge in [-0.15, -0.1) is 0 Å². The summed E-state index contributed by atoms with van der Waals surface area (Å²) in [4.78, 5) is 63.8. The minimum atomic E-state index is -0.667. The first-order valence-corrected chi connectivity index (χ1v) is 25.7. The highest BCUT2D eigenvalue weighted by Crippen LogP contribution is 2.25. The largest absolute Gasteiger partial charge is 0.466 e. The number of unbranched alkanes of at least 4 members (excludes halogenated alkanes) is 20. The van der Waals surface area contributed by atoms with Gasteiger partial charge in [-0.25, -0.2) is 24.2 Å². The molecule has 0 radical (unpaired) electrons. The molecular formula is C50H96N2O10. The van der Waals surface area contributed by atoms with Crippen LogP contribution in [-0.4, -0.2) is 87.8 Å². The predicted octanol–water partition coefficient (Wildman–Crippen LogP) is 12.6. The quantitative estimate of drug-likeness (QED) is 0.0205. The molecule has 1 N–H and O–H groups in total. The van der Waals surface area contributed by atoms with Gasteiger partial charge in [0.25, 0.3) is 0 Å². The lowest BCUT2D eigenvalue weighted by molar-refractivity contribution is -0.264. The Morgan fingerprint density at radius 2 is 1.00 bits per heavy atom. The first-order chi connectivity index (χ1) is 30.3. The molecule has 12 nitrogen and oxygen atoms in total. The Morgan fingerprint density at radius 3 is 1.53 bits per heavy atom. The van der Waals surface area contributed by atoms with E-state index in [1.807, 2.05) is 6.92 Å². The second kappa shape index (κ2) is 45.1. The van der Waals surface area contributed by atoms with Crippen LogP contribution in [-0.2, 0) is 43.1 Å². The van der Waals surface area contributed by atoms with Crippen molar-refractivity contribution in [3.8, 4) is 0 Å². The van der Waals surface area contributed by atoms with Crippen molar-refractivity contribution in [2.75, 3.05) is 52.6 Å². The zero-order valence-electron chi connectivity index (χ0n) is 40.9. The number of hydrogen-bond donors (Lipinski definition) is 1. The fraction of sp³-hybridized carbons (Fsp3) is 0.920. The first-order valence-electron chi connectivity index (χ1n) is 25.7. The Balaban J connectivity index is 5.11. The van der Waals surface area contributed by atoms with E-state index in [0.717, 1.165) is 64.5 Å². The maximum atomic E-state index is 13.5. The molecule has 0 saturated carbocycles. The summed E-state index contributed by atoms with van der Waals surface area (Å²) >= 11 is 0. The number of nitrogens with zero attached hydrogens (tertiary/aromatic N) is 1. The van der Waals surface area contributed by atoms with E-state index in [0.29, 0.717) is 71.4 Å². The summed E-state index contributed by atoms with van der Waals surface area (Å²) in [5.74, 6) is -2.47. The van der Waals surface area contributed by atoms with E-state index in [1.54, 1.807) is 0 Å². The lowest BCUT2D eigenvalue weighted by Crippen LogP contribution is -2.36. The molecular weight excluding hydrogens is 789 g/mol. The Labute approximate surface area is 379 Å². The van der Waals surface area contributed by atoms with Crippen molar-refractivity contribution in [1.29, 1.82) is 0 Å². The molecule has 0 aromatic carbocycles. The van der Waals surface area contributed by atoms with Gasteiger partial charge < -0.3 is 29.2 Å². The second-order valence-electron chi connectivity index (χ2n) is 17.1. The number of rotatable bonds is 45. The van der Waals surface area contributed by atoms with E-state index in [2.05, 4.69) is 44.8 Å². The average Bonchev–Trinajstić information content (AvgIpc) is 3.27. The zero-order chi connectivity index (χ0) is 45.7. The van der Waals surface area contributed by atoms with Crippen LogP contribution in [0.1, 0.15) is 228 Å². The van der Waals surface area contributed by atoms with Crippen molar-refractivity contribution in [3.05, 3.63) is 0 Å². The van der Waals surface area contributed by atoms with Gasteiger partial charge in [-0.2, -0.15) is 0 Å². The van der Waals surface area contributed by atoms with Crippen LogP contribution >= 0.6 is 0 Å². The monoisotopic (exact) mass is 885 g/mol. The van der Waals surface area contributed by atoms with E-state index >= 15 is 0 Å². The van der Waals surface area contributed by atoms with Gasteiger partial charge in [-0.05, 0) is 51.6 Å². The fourth-order valence-electron chi connectivity index (χ4n) is 7.47. The number of amides is 1. The second-order valence-corrected chi connectivity index (χ2v) is 17.1. The number of nitrogens with one attached hydrogen (secondary N) is 1. The Morgan fingerprint density at radius 1 is 0.500 bits per heavy atom. The maximum absolute atomic E-state index is 13.5. The molecule has 0 aliphatic carbocycles. The minimum Gasteiger partial charge on any atom is -0.466 e. The summed E-state index contributed by atoms with van der Waals surface area (Å²) in [5.41, 5.74) is 0. The molecule has 12 heteroatoms. The molecule has 0 fully saturated rings. The molecule has 366 valence electrons. The van der Waals surface area contributed by atoms with E-state index in [9.17, 15) is 19.2 Å². The van der Waals surface area contributed by atoms with Crippen LogP contribution in [0.5, 0.6) is 0 Å². The van der Waals surface area contributed by atoms with Gasteiger partial charge in [0.2, 0.25) is 0 Å². The van der Waals surface area contributed by atoms with E-state index < -0.39 is 30.2 Å². The molecule has 0 aliphatic rings. The smallest absolute Gasteiger partial charge is 0.407 e. The van der Waals surface area contributed by atoms with Crippen LogP contribution in [0.4, 0.5) is 4.79 Å². The highest BCUT2D eigenvalue weighted by Gasteiger charge is 2.31. The number of alkyl carbamates (subject to hydrolysis) is 1. The van der Waals surface area contributed by atoms with Crippen LogP contribution in [0.25, 0.3) is 0 Å². The molecule has 2 atom stereocenters. The molecule has 0 aromatic heterocycles. The average molecular weight is 885 g/mol. The predicted molar refractivity (Wildman–Crippen MR) is 250 cm³/mol. The van der Waals surface area contributed by atoms with Crippen molar-refractivity contribution in [3.63, 3.8) is 0 Å². The van der Waals surface area contributed by atoms with Gasteiger partial charge in [0.05, 0.1) is 25.6 Å². The van der Waals surface area contributed by atoms with E-state index in [4.69, 9.17) is 28.7 Å². The summed E-state index contributed by atoms with van der Waals surface area (Å²) in [6.45, 7) is 17.3. The van der Waals surface area contributed by atoms with Crippen molar-refractivity contribution in [2.24, 2.45) is 11.8 Å². The number of likely N-dealkylation sites (N-methyl/N-ethyl adjacent to an activating group) is 1. The molecule has 0 aliphatic heterocycles. The van der Waals surface area contributed by atoms with Crippen molar-refractivity contribution in [2.45, 2.75) is 234 Å². The van der Waals surface area contributed by atoms with E-state index in [1.165, 1.54) is 89.9 Å². The highest BCUT2D eigenvalue weighted by molar-refractivity contribution is 5.75. The number of esters is 1. The zero-order valence-corrected chi connectivity index (χ0v) is 40.9. The molecule has 0 bridgehead atoms. The molecule has 0 heterocycles. The summed E-state index contributed by atoms with van der Waals surface area (Å²) in [5, 5.41) is 2.80. The van der Waals surface area contributed by atoms with Crippen LogP contribution < -0.4 is 5.32 Å². The fourth-order valence-corrected chi connectivity index (χ4v) is 7.47. The third-order valence-corrected chi connectivity index (χ3v) is 11.7. The summed E-state index contributed by atoms with van der Waals surface area (Å²) in [6.07, 6.45) is 27.1. The molecule has 0 spiro atoms. The van der Waals surface area contributed by atoms with Crippen molar-refractivity contribution in [1.82, 2.24) is 10.2 Å². The van der Waals surface area contributed by atoms with Crippen molar-refractivity contribution < 1.29 is 47.9 Å². The summed E-state index contributed by atoms with van der Waals surface area (Å²) in [7, 11) is 0. The molecule has 0 saturated heterocycles. The Bertz CT molecular complexity index is 1030. The van der Waals surface area contributed by atoms with Crippen LogP contribution in [0.3, 0.4) is 0 Å². The highest BCUT2D eigenvalue weighted by atomic mass is 17.2. The number of ether oxygens (including phenoxy) is 4. The van der Waals surface area contributed by atoms with E-state index in [-0.39, 0.29) is 24.9 Å². The lowest BCUT2D eigenvalue weighted by Gasteiger charge is -2.24. The van der Waals surface area contributed by atoms with Gasteiger partial charge in [-0.1, -0.05) is 170 Å². The molecule has 0 rings (SSSR count). The van der Waals surface area contributed by atoms with Gasteiger partial charge in [0.1, 0.15) is 0 Å². The third-order valence-electron chi connectivity index (χ3n) is 11.7. The first kappa shape index (κ1) is 59.6. The normalized spacial score (nSPS) is 12.4. The molecule has 1 amide bonds. The molecule has 2 unspecified atom stereocenters. The third kappa shape index (κ3) is 37.0. The van der Waals surface area contributed by atoms with Gasteiger partial charge >= 0.3 is 24.0 Å². The lowest BCUT2D eigenvalue weighted by atomic mass is 9.86. The molecule has 0 aromatic rings. The summed E-state index contributed by atoms with van der Waals surface area (Å²) in [6, 6.07) is 0. The Hall–Kier alpha value is -2.44. The van der Waals surface area contributed by atoms with Crippen LogP contribution in [0.2, 0.25) is 0 Å². The molecule has 62 heavy (non-hydrogen) atoms. The topological polar surface area (TPSA) is 139 Å².